The SMILES string of the molecule is CC(C)(C)CC(C)(C)c1ccc(N(c2ccccc2)c2ccc(C(C)(C)CC(C)(C)C)cc2)cc1. The number of rotatable bonds is 7. The molecule has 0 saturated heterocycles. The fourth-order valence-electron chi connectivity index (χ4n) is 6.00. The van der Waals surface area contributed by atoms with Gasteiger partial charge < -0.3 is 4.90 Å². The summed E-state index contributed by atoms with van der Waals surface area (Å²) in [5.74, 6) is 0. The predicted octanol–water partition coefficient (Wildman–Crippen LogP) is 10.6. The van der Waals surface area contributed by atoms with E-state index < -0.39 is 0 Å². The molecule has 3 aromatic rings. The standard InChI is InChI=1S/C34H47N/c1-31(2,3)24-33(7,8)26-16-20-29(21-17-26)35(28-14-12-11-13-15-28)30-22-18-27(19-23-30)34(9,10)25-32(4,5)6/h11-23H,24-25H2,1-10H3. The van der Waals surface area contributed by atoms with E-state index in [1.807, 2.05) is 0 Å². The number of hydrogen-bond donors (Lipinski definition) is 0. The molecule has 1 nitrogen and oxygen atoms in total. The molecule has 0 heterocycles. The minimum Gasteiger partial charge on any atom is -0.311 e. The Morgan fingerprint density at radius 3 is 1.06 bits per heavy atom. The third-order valence-electron chi connectivity index (χ3n) is 6.77. The van der Waals surface area contributed by atoms with E-state index in [4.69, 9.17) is 0 Å². The van der Waals surface area contributed by atoms with E-state index in [9.17, 15) is 0 Å². The molecule has 0 spiro atoms. The summed E-state index contributed by atoms with van der Waals surface area (Å²) in [5.41, 5.74) is 7.19. The molecule has 0 aliphatic heterocycles. The van der Waals surface area contributed by atoms with Crippen LogP contribution in [0.3, 0.4) is 0 Å². The van der Waals surface area contributed by atoms with Gasteiger partial charge in [0.25, 0.3) is 0 Å². The Morgan fingerprint density at radius 1 is 0.429 bits per heavy atom. The van der Waals surface area contributed by atoms with Crippen LogP contribution in [0.2, 0.25) is 0 Å². The molecule has 0 amide bonds. The lowest BCUT2D eigenvalue weighted by molar-refractivity contribution is 0.283. The van der Waals surface area contributed by atoms with Gasteiger partial charge in [-0.25, -0.2) is 0 Å². The lowest BCUT2D eigenvalue weighted by atomic mass is 9.72. The summed E-state index contributed by atoms with van der Waals surface area (Å²) >= 11 is 0. The van der Waals surface area contributed by atoms with Gasteiger partial charge in [-0.05, 0) is 82.0 Å². The molecule has 0 aromatic heterocycles. The summed E-state index contributed by atoms with van der Waals surface area (Å²) in [7, 11) is 0. The van der Waals surface area contributed by atoms with Crippen LogP contribution >= 0.6 is 0 Å². The van der Waals surface area contributed by atoms with Crippen molar-refractivity contribution in [2.45, 2.75) is 92.9 Å². The summed E-state index contributed by atoms with van der Waals surface area (Å²) in [6.07, 6.45) is 2.29. The zero-order valence-corrected chi connectivity index (χ0v) is 23.9. The maximum atomic E-state index is 2.36. The highest BCUT2D eigenvalue weighted by Gasteiger charge is 2.28. The van der Waals surface area contributed by atoms with Crippen molar-refractivity contribution in [3.05, 3.63) is 90.0 Å². The molecule has 3 rings (SSSR count). The Bertz CT molecular complexity index is 1000. The van der Waals surface area contributed by atoms with E-state index in [-0.39, 0.29) is 10.8 Å². The lowest BCUT2D eigenvalue weighted by Gasteiger charge is -2.34. The summed E-state index contributed by atoms with van der Waals surface area (Å²) in [6.45, 7) is 23.4. The van der Waals surface area contributed by atoms with Crippen LogP contribution < -0.4 is 4.90 Å². The van der Waals surface area contributed by atoms with Gasteiger partial charge in [0.15, 0.2) is 0 Å². The molecule has 0 saturated carbocycles. The van der Waals surface area contributed by atoms with Crippen molar-refractivity contribution in [1.29, 1.82) is 0 Å². The summed E-state index contributed by atoms with van der Waals surface area (Å²) < 4.78 is 0. The highest BCUT2D eigenvalue weighted by molar-refractivity contribution is 5.76. The van der Waals surface area contributed by atoms with Gasteiger partial charge in [-0.15, -0.1) is 0 Å². The van der Waals surface area contributed by atoms with Crippen LogP contribution in [0.5, 0.6) is 0 Å². The second-order valence-electron chi connectivity index (χ2n) is 14.0. The maximum Gasteiger partial charge on any atom is 0.0461 e. The van der Waals surface area contributed by atoms with Gasteiger partial charge in [0.2, 0.25) is 0 Å². The van der Waals surface area contributed by atoms with E-state index in [1.165, 1.54) is 28.2 Å². The Balaban J connectivity index is 1.97. The zero-order chi connectivity index (χ0) is 26.1. The van der Waals surface area contributed by atoms with Crippen molar-refractivity contribution < 1.29 is 0 Å². The quantitative estimate of drug-likeness (QED) is 0.332. The van der Waals surface area contributed by atoms with Crippen LogP contribution in [0, 0.1) is 10.8 Å². The van der Waals surface area contributed by atoms with E-state index in [0.717, 1.165) is 12.8 Å². The molecular weight excluding hydrogens is 422 g/mol. The first-order valence-corrected chi connectivity index (χ1v) is 13.1. The van der Waals surface area contributed by atoms with Crippen molar-refractivity contribution >= 4 is 17.1 Å². The molecule has 3 aromatic carbocycles. The van der Waals surface area contributed by atoms with Crippen LogP contribution in [0.25, 0.3) is 0 Å². The first-order valence-electron chi connectivity index (χ1n) is 13.1. The average Bonchev–Trinajstić information content (AvgIpc) is 2.72. The first kappa shape index (κ1) is 27.1. The monoisotopic (exact) mass is 469 g/mol. The molecule has 0 bridgehead atoms. The van der Waals surface area contributed by atoms with Crippen LogP contribution in [0.1, 0.15) is 93.2 Å². The van der Waals surface area contributed by atoms with Gasteiger partial charge in [0.05, 0.1) is 0 Å². The number of nitrogens with zero attached hydrogens (tertiary/aromatic N) is 1. The van der Waals surface area contributed by atoms with E-state index >= 15 is 0 Å². The smallest absolute Gasteiger partial charge is 0.0461 e. The van der Waals surface area contributed by atoms with Gasteiger partial charge in [-0.1, -0.05) is 112 Å². The Kier molecular flexibility index (Phi) is 7.61. The third-order valence-corrected chi connectivity index (χ3v) is 6.77. The second kappa shape index (κ2) is 9.84. The van der Waals surface area contributed by atoms with Crippen molar-refractivity contribution in [2.24, 2.45) is 10.8 Å². The highest BCUT2D eigenvalue weighted by atomic mass is 15.1. The molecular formula is C34H47N. The van der Waals surface area contributed by atoms with Crippen molar-refractivity contribution in [3.8, 4) is 0 Å². The van der Waals surface area contributed by atoms with Crippen LogP contribution in [-0.2, 0) is 10.8 Å². The topological polar surface area (TPSA) is 3.24 Å². The van der Waals surface area contributed by atoms with E-state index in [1.54, 1.807) is 0 Å². The summed E-state index contributed by atoms with van der Waals surface area (Å²) in [6, 6.07) is 29.1. The first-order chi connectivity index (χ1) is 16.1. The zero-order valence-electron chi connectivity index (χ0n) is 23.9. The molecule has 0 aliphatic rings. The average molecular weight is 470 g/mol. The molecule has 1 heteroatoms. The summed E-state index contributed by atoms with van der Waals surface area (Å²) in [4.78, 5) is 2.36. The molecule has 0 aliphatic carbocycles. The van der Waals surface area contributed by atoms with Gasteiger partial charge in [-0.3, -0.25) is 0 Å². The van der Waals surface area contributed by atoms with Crippen molar-refractivity contribution in [3.63, 3.8) is 0 Å². The molecule has 0 radical (unpaired) electrons. The number of benzene rings is 3. The molecule has 0 N–H and O–H groups in total. The number of para-hydroxylation sites is 1. The number of anilines is 3. The Hall–Kier alpha value is -2.54. The Labute approximate surface area is 215 Å². The fraction of sp³-hybridized carbons (Fsp3) is 0.471. The predicted molar refractivity (Wildman–Crippen MR) is 155 cm³/mol. The largest absolute Gasteiger partial charge is 0.311 e. The normalized spacial score (nSPS) is 13.1. The molecule has 0 unspecified atom stereocenters. The van der Waals surface area contributed by atoms with Crippen LogP contribution in [-0.4, -0.2) is 0 Å². The van der Waals surface area contributed by atoms with Crippen molar-refractivity contribution in [1.82, 2.24) is 0 Å². The minimum absolute atomic E-state index is 0.134. The molecule has 35 heavy (non-hydrogen) atoms. The highest BCUT2D eigenvalue weighted by Crippen LogP contribution is 2.41. The van der Waals surface area contributed by atoms with Gasteiger partial charge in [-0.2, -0.15) is 0 Å². The molecule has 0 atom stereocenters. The van der Waals surface area contributed by atoms with Gasteiger partial charge in [0.1, 0.15) is 0 Å². The lowest BCUT2D eigenvalue weighted by Crippen LogP contribution is -2.25. The minimum atomic E-state index is 0.134. The molecule has 0 fully saturated rings. The molecule has 188 valence electrons. The summed E-state index contributed by atoms with van der Waals surface area (Å²) in [5, 5.41) is 0. The Morgan fingerprint density at radius 2 is 0.743 bits per heavy atom. The fourth-order valence-corrected chi connectivity index (χ4v) is 6.00. The third kappa shape index (κ3) is 7.23. The van der Waals surface area contributed by atoms with Gasteiger partial charge >= 0.3 is 0 Å². The van der Waals surface area contributed by atoms with Crippen LogP contribution in [0.15, 0.2) is 78.9 Å². The van der Waals surface area contributed by atoms with Gasteiger partial charge in [0, 0.05) is 17.1 Å². The van der Waals surface area contributed by atoms with Crippen molar-refractivity contribution in [2.75, 3.05) is 4.90 Å². The number of hydrogen-bond acceptors (Lipinski definition) is 1. The van der Waals surface area contributed by atoms with E-state index in [0.29, 0.717) is 10.8 Å². The van der Waals surface area contributed by atoms with Crippen LogP contribution in [0.4, 0.5) is 17.1 Å². The maximum absolute atomic E-state index is 2.36. The van der Waals surface area contributed by atoms with E-state index in [2.05, 4.69) is 153 Å². The second-order valence-corrected chi connectivity index (χ2v) is 14.0.